The number of nitrogens with two attached hydrogens (primary N) is 2. The normalized spacial score (nSPS) is 10.1. The first-order valence-electron chi connectivity index (χ1n) is 4.39. The second kappa shape index (κ2) is 3.45. The van der Waals surface area contributed by atoms with Crippen LogP contribution in [0.15, 0.2) is 36.4 Å². The number of hydrogen-bond acceptors (Lipinski definition) is 3. The van der Waals surface area contributed by atoms with E-state index in [-0.39, 0.29) is 11.5 Å². The van der Waals surface area contributed by atoms with Gasteiger partial charge < -0.3 is 11.5 Å². The van der Waals surface area contributed by atoms with E-state index in [1.54, 1.807) is 0 Å². The summed E-state index contributed by atoms with van der Waals surface area (Å²) in [4.78, 5) is 11.1. The van der Waals surface area contributed by atoms with Crippen molar-refractivity contribution in [2.24, 2.45) is 5.73 Å². The lowest BCUT2D eigenvalue weighted by Gasteiger charge is -2.03. The maximum absolute atomic E-state index is 11.1. The topological polar surface area (TPSA) is 86.9 Å². The Balaban J connectivity index is 2.58. The summed E-state index contributed by atoms with van der Waals surface area (Å²) in [5.41, 5.74) is 11.8. The number of anilines is 1. The summed E-state index contributed by atoms with van der Waals surface area (Å²) in [6, 6.07) is 10.7. The summed E-state index contributed by atoms with van der Waals surface area (Å²) in [7, 11) is 0. The second-order valence-electron chi connectivity index (χ2n) is 3.07. The van der Waals surface area contributed by atoms with Crippen LogP contribution < -0.4 is 11.5 Å². The molecule has 0 radical (unpaired) electrons. The minimum Gasteiger partial charge on any atom is -0.382 e. The molecule has 0 unspecified atom stereocenters. The molecule has 0 saturated carbocycles. The Morgan fingerprint density at radius 2 is 1.93 bits per heavy atom. The molecule has 0 aliphatic carbocycles. The van der Waals surface area contributed by atoms with Crippen LogP contribution in [-0.4, -0.2) is 15.7 Å². The summed E-state index contributed by atoms with van der Waals surface area (Å²) in [5.74, 6) is -0.282. The molecule has 0 fully saturated rings. The third-order valence-electron chi connectivity index (χ3n) is 1.98. The van der Waals surface area contributed by atoms with Crippen LogP contribution in [-0.2, 0) is 0 Å². The number of nitrogen functional groups attached to an aromatic ring is 1. The molecule has 4 N–H and O–H groups in total. The van der Waals surface area contributed by atoms with Crippen LogP contribution >= 0.6 is 0 Å². The predicted octanol–water partition coefficient (Wildman–Crippen LogP) is 0.553. The Kier molecular flexibility index (Phi) is 2.13. The summed E-state index contributed by atoms with van der Waals surface area (Å²) in [6.45, 7) is 0. The minimum absolute atomic E-state index is 0.271. The highest BCUT2D eigenvalue weighted by atomic mass is 16.1. The molecular weight excluding hydrogens is 192 g/mol. The van der Waals surface area contributed by atoms with Crippen LogP contribution in [0.4, 0.5) is 5.82 Å². The fraction of sp³-hybridized carbons (Fsp3) is 0. The molecule has 0 bridgehead atoms. The molecule has 5 nitrogen and oxygen atoms in total. The Hall–Kier alpha value is -2.30. The van der Waals surface area contributed by atoms with E-state index in [1.165, 1.54) is 10.7 Å². The van der Waals surface area contributed by atoms with E-state index >= 15 is 0 Å². The third-order valence-corrected chi connectivity index (χ3v) is 1.98. The van der Waals surface area contributed by atoms with Crippen molar-refractivity contribution in [3.05, 3.63) is 42.1 Å². The molecule has 5 heteroatoms. The van der Waals surface area contributed by atoms with Crippen LogP contribution in [0.3, 0.4) is 0 Å². The Morgan fingerprint density at radius 1 is 1.27 bits per heavy atom. The van der Waals surface area contributed by atoms with Crippen molar-refractivity contribution in [2.75, 3.05) is 5.73 Å². The van der Waals surface area contributed by atoms with Gasteiger partial charge in [0.1, 0.15) is 11.5 Å². The van der Waals surface area contributed by atoms with E-state index in [2.05, 4.69) is 5.10 Å². The standard InChI is InChI=1S/C10H10N4O/c11-9-6-8(10(12)15)14(13-9)7-4-2-1-3-5-7/h1-6H,(H2,11,13)(H2,12,15). The second-order valence-corrected chi connectivity index (χ2v) is 3.07. The van der Waals surface area contributed by atoms with Crippen molar-refractivity contribution < 1.29 is 4.79 Å². The third kappa shape index (κ3) is 1.67. The fourth-order valence-corrected chi connectivity index (χ4v) is 1.34. The largest absolute Gasteiger partial charge is 0.382 e. The van der Waals surface area contributed by atoms with Crippen LogP contribution in [0.5, 0.6) is 0 Å². The molecule has 0 aliphatic heterocycles. The molecule has 15 heavy (non-hydrogen) atoms. The van der Waals surface area contributed by atoms with Crippen molar-refractivity contribution in [3.63, 3.8) is 0 Å². The first kappa shape index (κ1) is 9.26. The molecule has 0 aliphatic rings. The number of nitrogens with zero attached hydrogens (tertiary/aromatic N) is 2. The highest BCUT2D eigenvalue weighted by Crippen LogP contribution is 2.12. The van der Waals surface area contributed by atoms with E-state index < -0.39 is 5.91 Å². The van der Waals surface area contributed by atoms with Crippen LogP contribution in [0.1, 0.15) is 10.5 Å². The summed E-state index contributed by atoms with van der Waals surface area (Å²) in [5, 5.41) is 4.00. The molecule has 1 aromatic heterocycles. The van der Waals surface area contributed by atoms with Gasteiger partial charge in [0.15, 0.2) is 0 Å². The molecule has 0 spiro atoms. The van der Waals surface area contributed by atoms with Gasteiger partial charge in [0.2, 0.25) is 0 Å². The van der Waals surface area contributed by atoms with Gasteiger partial charge >= 0.3 is 0 Å². The number of amides is 1. The lowest BCUT2D eigenvalue weighted by atomic mass is 10.3. The zero-order valence-corrected chi connectivity index (χ0v) is 7.92. The summed E-state index contributed by atoms with van der Waals surface area (Å²) in [6.07, 6.45) is 0. The molecule has 1 aromatic carbocycles. The fourth-order valence-electron chi connectivity index (χ4n) is 1.34. The van der Waals surface area contributed by atoms with Gasteiger partial charge in [-0.15, -0.1) is 5.10 Å². The first-order chi connectivity index (χ1) is 7.18. The molecule has 1 heterocycles. The van der Waals surface area contributed by atoms with Crippen molar-refractivity contribution in [2.45, 2.75) is 0 Å². The van der Waals surface area contributed by atoms with Gasteiger partial charge in [-0.25, -0.2) is 4.68 Å². The average Bonchev–Trinajstić information content (AvgIpc) is 2.62. The van der Waals surface area contributed by atoms with Crippen LogP contribution in [0, 0.1) is 0 Å². The lowest BCUT2D eigenvalue weighted by Crippen LogP contribution is -2.16. The highest BCUT2D eigenvalue weighted by Gasteiger charge is 2.11. The van der Waals surface area contributed by atoms with Crippen LogP contribution in [0.2, 0.25) is 0 Å². The van der Waals surface area contributed by atoms with Crippen LogP contribution in [0.25, 0.3) is 5.69 Å². The number of carbonyl (C=O) groups excluding carboxylic acids is 1. The monoisotopic (exact) mass is 202 g/mol. The number of primary amides is 1. The van der Waals surface area contributed by atoms with Gasteiger partial charge in [-0.05, 0) is 12.1 Å². The van der Waals surface area contributed by atoms with Crippen molar-refractivity contribution >= 4 is 11.7 Å². The number of para-hydroxylation sites is 1. The predicted molar refractivity (Wildman–Crippen MR) is 56.5 cm³/mol. The molecule has 76 valence electrons. The molecule has 2 rings (SSSR count). The van der Waals surface area contributed by atoms with Crippen molar-refractivity contribution in [1.29, 1.82) is 0 Å². The van der Waals surface area contributed by atoms with Gasteiger partial charge in [0.25, 0.3) is 5.91 Å². The lowest BCUT2D eigenvalue weighted by molar-refractivity contribution is 0.0993. The number of hydrogen-bond donors (Lipinski definition) is 2. The average molecular weight is 202 g/mol. The summed E-state index contributed by atoms with van der Waals surface area (Å²) >= 11 is 0. The molecule has 1 amide bonds. The van der Waals surface area contributed by atoms with E-state index in [0.717, 1.165) is 5.69 Å². The van der Waals surface area contributed by atoms with Gasteiger partial charge in [-0.3, -0.25) is 4.79 Å². The van der Waals surface area contributed by atoms with E-state index in [1.807, 2.05) is 30.3 Å². The maximum Gasteiger partial charge on any atom is 0.267 e. The van der Waals surface area contributed by atoms with Gasteiger partial charge in [-0.1, -0.05) is 18.2 Å². The van der Waals surface area contributed by atoms with E-state index in [4.69, 9.17) is 11.5 Å². The SMILES string of the molecule is NC(=O)c1cc(N)nn1-c1ccccc1. The molecular formula is C10H10N4O. The first-order valence-corrected chi connectivity index (χ1v) is 4.39. The smallest absolute Gasteiger partial charge is 0.267 e. The highest BCUT2D eigenvalue weighted by molar-refractivity contribution is 5.92. The number of benzene rings is 1. The Labute approximate surface area is 86.3 Å². The zero-order chi connectivity index (χ0) is 10.8. The molecule has 0 saturated heterocycles. The van der Waals surface area contributed by atoms with Crippen molar-refractivity contribution in [1.82, 2.24) is 9.78 Å². The molecule has 0 atom stereocenters. The maximum atomic E-state index is 11.1. The van der Waals surface area contributed by atoms with Crippen molar-refractivity contribution in [3.8, 4) is 5.69 Å². The number of aromatic nitrogens is 2. The van der Waals surface area contributed by atoms with E-state index in [9.17, 15) is 4.79 Å². The zero-order valence-electron chi connectivity index (χ0n) is 7.92. The Morgan fingerprint density at radius 3 is 2.53 bits per heavy atom. The van der Waals surface area contributed by atoms with E-state index in [0.29, 0.717) is 0 Å². The summed E-state index contributed by atoms with van der Waals surface area (Å²) < 4.78 is 1.43. The van der Waals surface area contributed by atoms with Gasteiger partial charge in [-0.2, -0.15) is 0 Å². The number of carbonyl (C=O) groups is 1. The molecule has 2 aromatic rings. The number of rotatable bonds is 2. The van der Waals surface area contributed by atoms with Gasteiger partial charge in [0.05, 0.1) is 5.69 Å². The quantitative estimate of drug-likeness (QED) is 0.745. The minimum atomic E-state index is -0.553. The van der Waals surface area contributed by atoms with Gasteiger partial charge in [0, 0.05) is 6.07 Å². The Bertz CT molecular complexity index is 489.